The van der Waals surface area contributed by atoms with E-state index in [2.05, 4.69) is 11.8 Å². The van der Waals surface area contributed by atoms with Crippen molar-refractivity contribution in [3.8, 4) is 11.8 Å². The molecule has 0 aliphatic heterocycles. The van der Waals surface area contributed by atoms with E-state index in [1.165, 1.54) is 0 Å². The molecule has 0 bridgehead atoms. The summed E-state index contributed by atoms with van der Waals surface area (Å²) in [5.74, 6) is 5.66. The van der Waals surface area contributed by atoms with E-state index >= 15 is 0 Å². The maximum Gasteiger partial charge on any atom is 0.120 e. The molecule has 0 saturated carbocycles. The number of aliphatic hydroxyl groups is 1. The van der Waals surface area contributed by atoms with Crippen LogP contribution in [0.4, 0.5) is 0 Å². The van der Waals surface area contributed by atoms with Crippen LogP contribution in [-0.4, -0.2) is 10.7 Å². The lowest BCUT2D eigenvalue weighted by atomic mass is 10.1. The summed E-state index contributed by atoms with van der Waals surface area (Å²) in [6.45, 7) is 3.83. The summed E-state index contributed by atoms with van der Waals surface area (Å²) in [5, 5.41) is 9.41. The average Bonchev–Trinajstić information content (AvgIpc) is 2.14. The minimum absolute atomic E-state index is 0.512. The molecule has 1 rings (SSSR count). The summed E-state index contributed by atoms with van der Waals surface area (Å²) >= 11 is 0. The van der Waals surface area contributed by atoms with Crippen molar-refractivity contribution in [1.82, 2.24) is 0 Å². The normalized spacial score (nSPS) is 10.6. The standard InChI is InChI=1S/C12H15NO/c1-12(2,14)7-6-10-4-3-5-11(8-10)9-13/h3-5,8,14H,9,13H2,1-2H3. The van der Waals surface area contributed by atoms with E-state index in [-0.39, 0.29) is 0 Å². The quantitative estimate of drug-likeness (QED) is 0.653. The first-order chi connectivity index (χ1) is 6.51. The molecule has 0 aliphatic carbocycles. The van der Waals surface area contributed by atoms with Crippen LogP contribution >= 0.6 is 0 Å². The summed E-state index contributed by atoms with van der Waals surface area (Å²) in [4.78, 5) is 0. The van der Waals surface area contributed by atoms with Gasteiger partial charge in [0.2, 0.25) is 0 Å². The summed E-state index contributed by atoms with van der Waals surface area (Å²) in [6.07, 6.45) is 0. The lowest BCUT2D eigenvalue weighted by molar-refractivity contribution is 0.143. The zero-order valence-electron chi connectivity index (χ0n) is 8.54. The Hall–Kier alpha value is -1.30. The molecule has 0 spiro atoms. The Morgan fingerprint density at radius 1 is 1.43 bits per heavy atom. The van der Waals surface area contributed by atoms with Crippen LogP contribution in [0, 0.1) is 11.8 Å². The smallest absolute Gasteiger partial charge is 0.120 e. The predicted octanol–water partition coefficient (Wildman–Crippen LogP) is 1.27. The van der Waals surface area contributed by atoms with E-state index in [0.717, 1.165) is 11.1 Å². The molecule has 0 heterocycles. The van der Waals surface area contributed by atoms with Crippen LogP contribution in [0.15, 0.2) is 24.3 Å². The van der Waals surface area contributed by atoms with Gasteiger partial charge >= 0.3 is 0 Å². The fourth-order valence-corrected chi connectivity index (χ4v) is 1.00. The van der Waals surface area contributed by atoms with E-state index in [9.17, 15) is 5.11 Å². The van der Waals surface area contributed by atoms with Crippen molar-refractivity contribution in [2.24, 2.45) is 5.73 Å². The first-order valence-electron chi connectivity index (χ1n) is 4.56. The Balaban J connectivity index is 2.90. The Morgan fingerprint density at radius 2 is 2.14 bits per heavy atom. The molecule has 1 aromatic rings. The van der Waals surface area contributed by atoms with E-state index in [4.69, 9.17) is 5.73 Å². The maximum absolute atomic E-state index is 9.41. The number of nitrogens with two attached hydrogens (primary N) is 1. The molecule has 3 N–H and O–H groups in total. The van der Waals surface area contributed by atoms with Gasteiger partial charge in [0.05, 0.1) is 0 Å². The van der Waals surface area contributed by atoms with E-state index in [1.54, 1.807) is 13.8 Å². The molecule has 0 fully saturated rings. The van der Waals surface area contributed by atoms with Crippen LogP contribution in [0.3, 0.4) is 0 Å². The molecule has 74 valence electrons. The first kappa shape index (κ1) is 10.8. The van der Waals surface area contributed by atoms with Crippen LogP contribution in [0.1, 0.15) is 25.0 Å². The van der Waals surface area contributed by atoms with Gasteiger partial charge in [-0.25, -0.2) is 0 Å². The fraction of sp³-hybridized carbons (Fsp3) is 0.333. The third-order valence-electron chi connectivity index (χ3n) is 1.68. The van der Waals surface area contributed by atoms with Crippen molar-refractivity contribution in [2.45, 2.75) is 26.0 Å². The second-order valence-corrected chi connectivity index (χ2v) is 3.71. The number of hydrogen-bond donors (Lipinski definition) is 2. The monoisotopic (exact) mass is 189 g/mol. The minimum atomic E-state index is -0.946. The molecule has 0 saturated heterocycles. The first-order valence-corrected chi connectivity index (χ1v) is 4.56. The molecule has 14 heavy (non-hydrogen) atoms. The molecule has 0 aliphatic rings. The van der Waals surface area contributed by atoms with E-state index < -0.39 is 5.60 Å². The van der Waals surface area contributed by atoms with Crippen molar-refractivity contribution in [2.75, 3.05) is 0 Å². The Labute approximate surface area is 84.8 Å². The van der Waals surface area contributed by atoms with Gasteiger partial charge in [-0.05, 0) is 31.5 Å². The highest BCUT2D eigenvalue weighted by molar-refractivity contribution is 5.38. The Bertz CT molecular complexity index is 366. The molecule has 2 nitrogen and oxygen atoms in total. The molecule has 0 radical (unpaired) electrons. The van der Waals surface area contributed by atoms with Crippen LogP contribution in [0.5, 0.6) is 0 Å². The summed E-state index contributed by atoms with van der Waals surface area (Å²) in [5.41, 5.74) is 6.49. The van der Waals surface area contributed by atoms with Gasteiger partial charge in [-0.1, -0.05) is 24.0 Å². The third kappa shape index (κ3) is 3.61. The Kier molecular flexibility index (Phi) is 3.29. The second-order valence-electron chi connectivity index (χ2n) is 3.71. The molecular formula is C12H15NO. The van der Waals surface area contributed by atoms with E-state index in [1.807, 2.05) is 24.3 Å². The topological polar surface area (TPSA) is 46.2 Å². The lowest BCUT2D eigenvalue weighted by Crippen LogP contribution is -2.14. The highest BCUT2D eigenvalue weighted by Gasteiger charge is 2.05. The lowest BCUT2D eigenvalue weighted by Gasteiger charge is -2.06. The van der Waals surface area contributed by atoms with Gasteiger partial charge in [0.25, 0.3) is 0 Å². The zero-order chi connectivity index (χ0) is 10.6. The van der Waals surface area contributed by atoms with Crippen LogP contribution in [0.2, 0.25) is 0 Å². The maximum atomic E-state index is 9.41. The summed E-state index contributed by atoms with van der Waals surface area (Å²) < 4.78 is 0. The summed E-state index contributed by atoms with van der Waals surface area (Å²) in [7, 11) is 0. The minimum Gasteiger partial charge on any atom is -0.378 e. The Morgan fingerprint density at radius 3 is 2.71 bits per heavy atom. The van der Waals surface area contributed by atoms with Gasteiger partial charge in [0.1, 0.15) is 5.60 Å². The van der Waals surface area contributed by atoms with Gasteiger partial charge in [-0.15, -0.1) is 0 Å². The number of rotatable bonds is 1. The number of hydrogen-bond acceptors (Lipinski definition) is 2. The van der Waals surface area contributed by atoms with Crippen LogP contribution in [-0.2, 0) is 6.54 Å². The molecule has 0 aromatic heterocycles. The predicted molar refractivity (Wildman–Crippen MR) is 57.5 cm³/mol. The van der Waals surface area contributed by atoms with E-state index in [0.29, 0.717) is 6.54 Å². The van der Waals surface area contributed by atoms with Crippen LogP contribution in [0.25, 0.3) is 0 Å². The zero-order valence-corrected chi connectivity index (χ0v) is 8.54. The van der Waals surface area contributed by atoms with Crippen LogP contribution < -0.4 is 5.73 Å². The van der Waals surface area contributed by atoms with Gasteiger partial charge in [-0.3, -0.25) is 0 Å². The van der Waals surface area contributed by atoms with Crippen molar-refractivity contribution >= 4 is 0 Å². The third-order valence-corrected chi connectivity index (χ3v) is 1.68. The average molecular weight is 189 g/mol. The summed E-state index contributed by atoms with van der Waals surface area (Å²) in [6, 6.07) is 7.70. The van der Waals surface area contributed by atoms with Crippen molar-refractivity contribution in [3.05, 3.63) is 35.4 Å². The van der Waals surface area contributed by atoms with Gasteiger partial charge in [0.15, 0.2) is 0 Å². The molecule has 2 heteroatoms. The molecule has 0 atom stereocenters. The molecular weight excluding hydrogens is 174 g/mol. The van der Waals surface area contributed by atoms with Crippen molar-refractivity contribution in [1.29, 1.82) is 0 Å². The van der Waals surface area contributed by atoms with Crippen molar-refractivity contribution in [3.63, 3.8) is 0 Å². The fourth-order valence-electron chi connectivity index (χ4n) is 1.00. The SMILES string of the molecule is CC(C)(O)C#Cc1cccc(CN)c1. The van der Waals surface area contributed by atoms with Crippen molar-refractivity contribution < 1.29 is 5.11 Å². The van der Waals surface area contributed by atoms with Gasteiger partial charge in [0, 0.05) is 12.1 Å². The van der Waals surface area contributed by atoms with Gasteiger partial charge < -0.3 is 10.8 Å². The second kappa shape index (κ2) is 4.28. The largest absolute Gasteiger partial charge is 0.378 e. The molecule has 0 amide bonds. The number of benzene rings is 1. The molecule has 0 unspecified atom stereocenters. The van der Waals surface area contributed by atoms with Gasteiger partial charge in [-0.2, -0.15) is 0 Å². The highest BCUT2D eigenvalue weighted by Crippen LogP contribution is 2.04. The molecule has 1 aromatic carbocycles. The highest BCUT2D eigenvalue weighted by atomic mass is 16.3.